The van der Waals surface area contributed by atoms with Gasteiger partial charge in [0.25, 0.3) is 0 Å². The van der Waals surface area contributed by atoms with Gasteiger partial charge in [0.05, 0.1) is 21.2 Å². The van der Waals surface area contributed by atoms with Crippen molar-refractivity contribution in [3.63, 3.8) is 0 Å². The molecule has 1 fully saturated rings. The molecule has 0 saturated carbocycles. The first kappa shape index (κ1) is 18.2. The van der Waals surface area contributed by atoms with E-state index in [0.29, 0.717) is 10.6 Å². The predicted molar refractivity (Wildman–Crippen MR) is 99.9 cm³/mol. The van der Waals surface area contributed by atoms with Crippen LogP contribution < -0.4 is 5.32 Å². The lowest BCUT2D eigenvalue weighted by Gasteiger charge is -2.35. The number of benzene rings is 1. The normalized spacial score (nSPS) is 18.4. The van der Waals surface area contributed by atoms with E-state index in [0.717, 1.165) is 30.9 Å². The van der Waals surface area contributed by atoms with Gasteiger partial charge in [0.1, 0.15) is 0 Å². The number of piperazine rings is 1. The van der Waals surface area contributed by atoms with Crippen LogP contribution in [0, 0.1) is 0 Å². The van der Waals surface area contributed by atoms with Gasteiger partial charge in [-0.05, 0) is 32.2 Å². The number of hydrogen-bond acceptors (Lipinski definition) is 7. The van der Waals surface area contributed by atoms with Gasteiger partial charge in [-0.1, -0.05) is 11.3 Å². The van der Waals surface area contributed by atoms with Crippen LogP contribution in [0.3, 0.4) is 0 Å². The number of carbonyl (C=O) groups is 1. The molecule has 1 aromatic carbocycles. The van der Waals surface area contributed by atoms with E-state index in [1.54, 1.807) is 12.1 Å². The number of aromatic nitrogens is 1. The summed E-state index contributed by atoms with van der Waals surface area (Å²) in [5.74, 6) is -0.0908. The molecular formula is C16H22N4O3S2. The van der Waals surface area contributed by atoms with Crippen molar-refractivity contribution in [2.45, 2.75) is 17.9 Å². The van der Waals surface area contributed by atoms with Gasteiger partial charge in [-0.3, -0.25) is 9.69 Å². The lowest BCUT2D eigenvalue weighted by Crippen LogP contribution is -2.51. The van der Waals surface area contributed by atoms with E-state index in [2.05, 4.69) is 27.1 Å². The van der Waals surface area contributed by atoms with Crippen molar-refractivity contribution in [1.82, 2.24) is 14.8 Å². The van der Waals surface area contributed by atoms with E-state index in [4.69, 9.17) is 0 Å². The third-order valence-corrected chi connectivity index (χ3v) is 6.53. The molecule has 0 bridgehead atoms. The van der Waals surface area contributed by atoms with Crippen LogP contribution in [0.25, 0.3) is 10.2 Å². The fraction of sp³-hybridized carbons (Fsp3) is 0.500. The smallest absolute Gasteiger partial charge is 0.243 e. The molecular weight excluding hydrogens is 360 g/mol. The van der Waals surface area contributed by atoms with Gasteiger partial charge >= 0.3 is 0 Å². The molecule has 1 atom stereocenters. The van der Waals surface area contributed by atoms with E-state index in [1.807, 2.05) is 6.92 Å². The Bertz CT molecular complexity index is 886. The minimum Gasteiger partial charge on any atom is -0.304 e. The average Bonchev–Trinajstić information content (AvgIpc) is 2.95. The first-order chi connectivity index (χ1) is 11.7. The number of fused-ring (bicyclic) bond motifs is 1. The van der Waals surface area contributed by atoms with Gasteiger partial charge in [-0.2, -0.15) is 0 Å². The first-order valence-corrected chi connectivity index (χ1v) is 10.8. The highest BCUT2D eigenvalue weighted by atomic mass is 32.2. The summed E-state index contributed by atoms with van der Waals surface area (Å²) in [5, 5.41) is 3.35. The summed E-state index contributed by atoms with van der Waals surface area (Å²) in [6, 6.07) is 4.58. The van der Waals surface area contributed by atoms with Crippen LogP contribution in [0.2, 0.25) is 0 Å². The number of rotatable bonds is 4. The summed E-state index contributed by atoms with van der Waals surface area (Å²) in [7, 11) is -1.18. The Morgan fingerprint density at radius 3 is 2.60 bits per heavy atom. The van der Waals surface area contributed by atoms with Gasteiger partial charge < -0.3 is 10.2 Å². The van der Waals surface area contributed by atoms with Crippen LogP contribution in [0.15, 0.2) is 23.1 Å². The molecule has 1 N–H and O–H groups in total. The van der Waals surface area contributed by atoms with Crippen molar-refractivity contribution in [3.05, 3.63) is 18.2 Å². The third kappa shape index (κ3) is 4.17. The summed E-state index contributed by atoms with van der Waals surface area (Å²) in [5.41, 5.74) is 0.681. The summed E-state index contributed by atoms with van der Waals surface area (Å²) < 4.78 is 24.0. The lowest BCUT2D eigenvalue weighted by molar-refractivity contribution is -0.121. The standard InChI is InChI=1S/C16H22N4O3S2/c1-11(20-8-6-19(2)7-9-20)15(21)18-16-17-13-5-4-12(25(3,22)23)10-14(13)24-16/h4-5,10-11H,6-9H2,1-3H3,(H,17,18,21)/t11-/m1/s1. The molecule has 0 radical (unpaired) electrons. The molecule has 1 amide bonds. The van der Waals surface area contributed by atoms with E-state index in [9.17, 15) is 13.2 Å². The zero-order valence-corrected chi connectivity index (χ0v) is 16.2. The SMILES string of the molecule is C[C@H](C(=O)Nc1nc2ccc(S(C)(=O)=O)cc2s1)N1CCN(C)CC1. The van der Waals surface area contributed by atoms with Crippen molar-refractivity contribution in [1.29, 1.82) is 0 Å². The predicted octanol–water partition coefficient (Wildman–Crippen LogP) is 1.27. The van der Waals surface area contributed by atoms with Crippen molar-refractivity contribution in [3.8, 4) is 0 Å². The number of thiazole rings is 1. The fourth-order valence-corrected chi connectivity index (χ4v) is 4.40. The first-order valence-electron chi connectivity index (χ1n) is 8.08. The summed E-state index contributed by atoms with van der Waals surface area (Å²) in [4.78, 5) is 21.5. The maximum absolute atomic E-state index is 12.5. The van der Waals surface area contributed by atoms with E-state index in [-0.39, 0.29) is 16.8 Å². The molecule has 2 aromatic rings. The summed E-state index contributed by atoms with van der Waals surface area (Å²) in [6.45, 7) is 5.53. The lowest BCUT2D eigenvalue weighted by atomic mass is 10.2. The number of sulfone groups is 1. The molecule has 1 aliphatic heterocycles. The van der Waals surface area contributed by atoms with Crippen LogP contribution >= 0.6 is 11.3 Å². The Morgan fingerprint density at radius 2 is 1.96 bits per heavy atom. The highest BCUT2D eigenvalue weighted by molar-refractivity contribution is 7.90. The second-order valence-corrected chi connectivity index (χ2v) is 9.47. The third-order valence-electron chi connectivity index (χ3n) is 4.48. The molecule has 25 heavy (non-hydrogen) atoms. The van der Waals surface area contributed by atoms with Crippen LogP contribution in [-0.2, 0) is 14.6 Å². The second-order valence-electron chi connectivity index (χ2n) is 6.43. The van der Waals surface area contributed by atoms with Gasteiger partial charge in [0.15, 0.2) is 15.0 Å². The zero-order valence-electron chi connectivity index (χ0n) is 14.5. The molecule has 1 aromatic heterocycles. The minimum absolute atomic E-state index is 0.0908. The Labute approximate surface area is 151 Å². The maximum Gasteiger partial charge on any atom is 0.243 e. The Morgan fingerprint density at radius 1 is 1.28 bits per heavy atom. The van der Waals surface area contributed by atoms with Crippen molar-refractivity contribution >= 4 is 42.4 Å². The maximum atomic E-state index is 12.5. The molecule has 0 aliphatic carbocycles. The molecule has 3 rings (SSSR count). The zero-order chi connectivity index (χ0) is 18.2. The van der Waals surface area contributed by atoms with E-state index >= 15 is 0 Å². The Balaban J connectivity index is 1.73. The number of nitrogens with zero attached hydrogens (tertiary/aromatic N) is 3. The van der Waals surface area contributed by atoms with Crippen molar-refractivity contribution < 1.29 is 13.2 Å². The van der Waals surface area contributed by atoms with Crippen molar-refractivity contribution in [2.75, 3.05) is 44.8 Å². The molecule has 0 spiro atoms. The number of hydrogen-bond donors (Lipinski definition) is 1. The minimum atomic E-state index is -3.26. The van der Waals surface area contributed by atoms with Crippen LogP contribution in [0.5, 0.6) is 0 Å². The molecule has 136 valence electrons. The van der Waals surface area contributed by atoms with Crippen LogP contribution in [0.4, 0.5) is 5.13 Å². The average molecular weight is 383 g/mol. The molecule has 0 unspecified atom stereocenters. The summed E-state index contributed by atoms with van der Waals surface area (Å²) in [6.07, 6.45) is 1.18. The topological polar surface area (TPSA) is 82.6 Å². The van der Waals surface area contributed by atoms with Gasteiger partial charge in [0.2, 0.25) is 5.91 Å². The number of nitrogens with one attached hydrogen (secondary N) is 1. The quantitative estimate of drug-likeness (QED) is 0.858. The number of anilines is 1. The number of likely N-dealkylation sites (N-methyl/N-ethyl adjacent to an activating group) is 1. The largest absolute Gasteiger partial charge is 0.304 e. The van der Waals surface area contributed by atoms with Gasteiger partial charge in [-0.25, -0.2) is 13.4 Å². The molecule has 1 saturated heterocycles. The Hall–Kier alpha value is -1.55. The van der Waals surface area contributed by atoms with Gasteiger partial charge in [0, 0.05) is 32.4 Å². The highest BCUT2D eigenvalue weighted by Crippen LogP contribution is 2.28. The second kappa shape index (κ2) is 6.99. The van der Waals surface area contributed by atoms with Gasteiger partial charge in [-0.15, -0.1) is 0 Å². The van der Waals surface area contributed by atoms with E-state index in [1.165, 1.54) is 23.7 Å². The van der Waals surface area contributed by atoms with Crippen LogP contribution in [0.1, 0.15) is 6.92 Å². The molecule has 2 heterocycles. The monoisotopic (exact) mass is 382 g/mol. The Kier molecular flexibility index (Phi) is 5.10. The molecule has 1 aliphatic rings. The number of carbonyl (C=O) groups excluding carboxylic acids is 1. The highest BCUT2D eigenvalue weighted by Gasteiger charge is 2.25. The summed E-state index contributed by atoms with van der Waals surface area (Å²) >= 11 is 1.29. The van der Waals surface area contributed by atoms with E-state index < -0.39 is 9.84 Å². The fourth-order valence-electron chi connectivity index (χ4n) is 2.77. The van der Waals surface area contributed by atoms with Crippen LogP contribution in [-0.4, -0.2) is 74.6 Å². The molecule has 7 nitrogen and oxygen atoms in total. The molecule has 9 heteroatoms. The van der Waals surface area contributed by atoms with Crippen molar-refractivity contribution in [2.24, 2.45) is 0 Å². The number of amides is 1.